The molecule has 0 aliphatic carbocycles. The van der Waals surface area contributed by atoms with Crippen molar-refractivity contribution in [1.29, 1.82) is 0 Å². The number of ether oxygens (including phenoxy) is 3. The molecule has 0 radical (unpaired) electrons. The third-order valence-corrected chi connectivity index (χ3v) is 5.43. The van der Waals surface area contributed by atoms with Crippen molar-refractivity contribution in [3.63, 3.8) is 0 Å². The molecule has 2 aromatic heterocycles. The predicted octanol–water partition coefficient (Wildman–Crippen LogP) is 3.11. The van der Waals surface area contributed by atoms with Crippen LogP contribution in [-0.2, 0) is 16.0 Å². The van der Waals surface area contributed by atoms with Crippen molar-refractivity contribution in [3.8, 4) is 17.0 Å². The van der Waals surface area contributed by atoms with Gasteiger partial charge < -0.3 is 19.5 Å². The highest BCUT2D eigenvalue weighted by Gasteiger charge is 2.22. The molecule has 5 rings (SSSR count). The molecular weight excluding hydrogens is 386 g/mol. The lowest BCUT2D eigenvalue weighted by Gasteiger charge is -2.23. The number of cyclic esters (lactones) is 1. The number of fused-ring (bicyclic) bond motifs is 4. The number of alkyl carbamates (subject to hydrolysis) is 1. The summed E-state index contributed by atoms with van der Waals surface area (Å²) in [6.07, 6.45) is 7.09. The van der Waals surface area contributed by atoms with Crippen LogP contribution in [0.25, 0.3) is 22.2 Å². The molecule has 4 heterocycles. The molecule has 1 unspecified atom stereocenters. The standard InChI is InChI=1S/C21H25N5O4/c27-21-22-7-3-10-28-16-5-6-18-17(12-16)20(15-13-23-25(14-15)8-11-30-21)24-26(18)19-4-1-2-9-29-19/h5-6,12-14,19H,1-4,7-11H2,(H,22,27). The molecule has 0 spiro atoms. The van der Waals surface area contributed by atoms with Gasteiger partial charge in [0, 0.05) is 30.3 Å². The minimum atomic E-state index is -0.426. The molecule has 4 bridgehead atoms. The summed E-state index contributed by atoms with van der Waals surface area (Å²) in [4.78, 5) is 11.7. The number of rotatable bonds is 1. The predicted molar refractivity (Wildman–Crippen MR) is 109 cm³/mol. The fourth-order valence-electron chi connectivity index (χ4n) is 3.90. The Morgan fingerprint density at radius 2 is 2.07 bits per heavy atom. The van der Waals surface area contributed by atoms with E-state index >= 15 is 0 Å². The molecule has 2 aliphatic rings. The number of amides is 1. The molecule has 3 aromatic rings. The molecule has 9 nitrogen and oxygen atoms in total. The van der Waals surface area contributed by atoms with E-state index in [2.05, 4.69) is 10.4 Å². The van der Waals surface area contributed by atoms with Crippen molar-refractivity contribution < 1.29 is 19.0 Å². The zero-order chi connectivity index (χ0) is 20.3. The van der Waals surface area contributed by atoms with Crippen LogP contribution in [0.2, 0.25) is 0 Å². The quantitative estimate of drug-likeness (QED) is 0.662. The van der Waals surface area contributed by atoms with Crippen LogP contribution in [0.3, 0.4) is 0 Å². The maximum atomic E-state index is 11.7. The van der Waals surface area contributed by atoms with E-state index < -0.39 is 6.09 Å². The Kier molecular flexibility index (Phi) is 5.27. The number of nitrogens with one attached hydrogen (secondary N) is 1. The molecule has 1 fully saturated rings. The normalized spacial score (nSPS) is 20.5. The summed E-state index contributed by atoms with van der Waals surface area (Å²) < 4.78 is 20.9. The Labute approximate surface area is 173 Å². The highest BCUT2D eigenvalue weighted by Crippen LogP contribution is 2.34. The van der Waals surface area contributed by atoms with E-state index in [1.54, 1.807) is 10.9 Å². The Balaban J connectivity index is 1.55. The number of aromatic nitrogens is 4. The van der Waals surface area contributed by atoms with Crippen molar-refractivity contribution in [2.45, 2.75) is 38.5 Å². The first-order valence-electron chi connectivity index (χ1n) is 10.5. The highest BCUT2D eigenvalue weighted by molar-refractivity contribution is 5.94. The monoisotopic (exact) mass is 411 g/mol. The average molecular weight is 411 g/mol. The topological polar surface area (TPSA) is 92.4 Å². The Morgan fingerprint density at radius 1 is 1.10 bits per heavy atom. The number of hydrogen-bond donors (Lipinski definition) is 1. The van der Waals surface area contributed by atoms with Gasteiger partial charge in [-0.25, -0.2) is 9.48 Å². The van der Waals surface area contributed by atoms with Crippen LogP contribution in [-0.4, -0.2) is 52.0 Å². The van der Waals surface area contributed by atoms with Gasteiger partial charge in [0.05, 0.1) is 24.9 Å². The SMILES string of the molecule is O=C1NCCCOc2ccc3c(c2)c(nn3C2CCCCO2)-c2cnn(c2)CCO1. The second-order valence-corrected chi connectivity index (χ2v) is 7.55. The zero-order valence-electron chi connectivity index (χ0n) is 16.7. The summed E-state index contributed by atoms with van der Waals surface area (Å²) in [5, 5.41) is 13.1. The van der Waals surface area contributed by atoms with Crippen molar-refractivity contribution in [3.05, 3.63) is 30.6 Å². The summed E-state index contributed by atoms with van der Waals surface area (Å²) in [5.41, 5.74) is 2.78. The maximum Gasteiger partial charge on any atom is 0.407 e. The van der Waals surface area contributed by atoms with Gasteiger partial charge in [0.2, 0.25) is 0 Å². The van der Waals surface area contributed by atoms with Gasteiger partial charge in [-0.15, -0.1) is 0 Å². The van der Waals surface area contributed by atoms with E-state index in [9.17, 15) is 4.79 Å². The fourth-order valence-corrected chi connectivity index (χ4v) is 3.90. The van der Waals surface area contributed by atoms with Crippen LogP contribution >= 0.6 is 0 Å². The van der Waals surface area contributed by atoms with E-state index in [4.69, 9.17) is 19.3 Å². The van der Waals surface area contributed by atoms with E-state index in [0.717, 1.165) is 53.8 Å². The largest absolute Gasteiger partial charge is 0.494 e. The summed E-state index contributed by atoms with van der Waals surface area (Å²) in [6.45, 7) is 2.48. The second-order valence-electron chi connectivity index (χ2n) is 7.55. The van der Waals surface area contributed by atoms with E-state index in [1.807, 2.05) is 29.1 Å². The lowest BCUT2D eigenvalue weighted by Crippen LogP contribution is -2.27. The maximum absolute atomic E-state index is 11.7. The second kappa shape index (κ2) is 8.35. The molecular formula is C21H25N5O4. The van der Waals surface area contributed by atoms with Gasteiger partial charge in [-0.2, -0.15) is 10.2 Å². The Morgan fingerprint density at radius 3 is 2.97 bits per heavy atom. The summed E-state index contributed by atoms with van der Waals surface area (Å²) >= 11 is 0. The molecule has 1 N–H and O–H groups in total. The van der Waals surface area contributed by atoms with Crippen molar-refractivity contribution in [1.82, 2.24) is 24.9 Å². The molecule has 1 atom stereocenters. The third-order valence-electron chi connectivity index (χ3n) is 5.43. The number of hydrogen-bond acceptors (Lipinski definition) is 6. The van der Waals surface area contributed by atoms with Gasteiger partial charge in [0.1, 0.15) is 18.1 Å². The van der Waals surface area contributed by atoms with Gasteiger partial charge in [-0.05, 0) is 43.9 Å². The van der Waals surface area contributed by atoms with E-state index in [1.165, 1.54) is 0 Å². The first kappa shape index (κ1) is 18.9. The van der Waals surface area contributed by atoms with Gasteiger partial charge >= 0.3 is 6.09 Å². The lowest BCUT2D eigenvalue weighted by atomic mass is 10.1. The minimum absolute atomic E-state index is 0.0589. The van der Waals surface area contributed by atoms with Crippen LogP contribution in [0.5, 0.6) is 5.75 Å². The smallest absolute Gasteiger partial charge is 0.407 e. The van der Waals surface area contributed by atoms with Crippen LogP contribution in [0.15, 0.2) is 30.6 Å². The van der Waals surface area contributed by atoms with Crippen LogP contribution in [0, 0.1) is 0 Å². The first-order valence-corrected chi connectivity index (χ1v) is 10.5. The van der Waals surface area contributed by atoms with Crippen molar-refractivity contribution in [2.75, 3.05) is 26.4 Å². The molecule has 158 valence electrons. The Bertz CT molecular complexity index is 1040. The highest BCUT2D eigenvalue weighted by atomic mass is 16.5. The summed E-state index contributed by atoms with van der Waals surface area (Å²) in [6, 6.07) is 6.03. The molecule has 1 amide bonds. The number of carbonyl (C=O) groups is 1. The number of nitrogens with zero attached hydrogens (tertiary/aromatic N) is 4. The van der Waals surface area contributed by atoms with Gasteiger partial charge in [0.15, 0.2) is 6.23 Å². The van der Waals surface area contributed by atoms with Crippen LogP contribution in [0.1, 0.15) is 31.9 Å². The fraction of sp³-hybridized carbons (Fsp3) is 0.476. The van der Waals surface area contributed by atoms with Gasteiger partial charge in [0.25, 0.3) is 0 Å². The molecule has 1 aromatic carbocycles. The minimum Gasteiger partial charge on any atom is -0.494 e. The first-order chi connectivity index (χ1) is 14.8. The molecule has 9 heteroatoms. The Hall–Kier alpha value is -3.07. The number of benzene rings is 1. The van der Waals surface area contributed by atoms with Gasteiger partial charge in [-0.3, -0.25) is 4.68 Å². The van der Waals surface area contributed by atoms with Crippen LogP contribution < -0.4 is 10.1 Å². The number of carbonyl (C=O) groups excluding carboxylic acids is 1. The summed E-state index contributed by atoms with van der Waals surface area (Å²) in [5.74, 6) is 0.773. The molecule has 2 aliphatic heterocycles. The molecule has 0 saturated carbocycles. The van der Waals surface area contributed by atoms with E-state index in [-0.39, 0.29) is 12.8 Å². The summed E-state index contributed by atoms with van der Waals surface area (Å²) in [7, 11) is 0. The molecule has 30 heavy (non-hydrogen) atoms. The average Bonchev–Trinajstić information content (AvgIpc) is 3.38. The zero-order valence-corrected chi connectivity index (χ0v) is 16.7. The van der Waals surface area contributed by atoms with Crippen molar-refractivity contribution >= 4 is 17.0 Å². The third kappa shape index (κ3) is 3.85. The van der Waals surface area contributed by atoms with Crippen molar-refractivity contribution in [2.24, 2.45) is 0 Å². The van der Waals surface area contributed by atoms with E-state index in [0.29, 0.717) is 26.1 Å². The molecule has 1 saturated heterocycles. The van der Waals surface area contributed by atoms with Crippen LogP contribution in [0.4, 0.5) is 4.79 Å². The van der Waals surface area contributed by atoms with Gasteiger partial charge in [-0.1, -0.05) is 0 Å². The lowest BCUT2D eigenvalue weighted by molar-refractivity contribution is -0.0365.